The van der Waals surface area contributed by atoms with E-state index < -0.39 is 23.8 Å². The van der Waals surface area contributed by atoms with Gasteiger partial charge in [-0.05, 0) is 48.9 Å². The van der Waals surface area contributed by atoms with Crippen molar-refractivity contribution in [1.29, 1.82) is 0 Å². The molecule has 2 atom stereocenters. The van der Waals surface area contributed by atoms with Crippen molar-refractivity contribution in [2.24, 2.45) is 10.9 Å². The minimum absolute atomic E-state index is 0.173. The molecule has 2 aliphatic rings. The van der Waals surface area contributed by atoms with Crippen molar-refractivity contribution in [3.8, 4) is 0 Å². The van der Waals surface area contributed by atoms with Crippen LogP contribution in [0.1, 0.15) is 18.5 Å². The Bertz CT molecular complexity index is 1020. The molecule has 0 aliphatic carbocycles. The maximum Gasteiger partial charge on any atom is 0.321 e. The van der Waals surface area contributed by atoms with Crippen molar-refractivity contribution < 1.29 is 18.7 Å². The van der Waals surface area contributed by atoms with E-state index in [1.54, 1.807) is 43.3 Å². The summed E-state index contributed by atoms with van der Waals surface area (Å²) in [5.74, 6) is -1.98. The molecule has 32 heavy (non-hydrogen) atoms. The minimum Gasteiger partial charge on any atom is -0.465 e. The Balaban J connectivity index is 1.56. The number of nitrogens with zero attached hydrogens (tertiary/aromatic N) is 3. The molecule has 2 aliphatic heterocycles. The number of aliphatic imine (C=N–C) groups is 1. The Morgan fingerprint density at radius 3 is 2.50 bits per heavy atom. The van der Waals surface area contributed by atoms with Gasteiger partial charge < -0.3 is 14.5 Å². The van der Waals surface area contributed by atoms with Crippen LogP contribution in [0.3, 0.4) is 0 Å². The maximum atomic E-state index is 13.2. The molecule has 0 bridgehead atoms. The number of benzene rings is 2. The highest BCUT2D eigenvalue weighted by atomic mass is 35.5. The van der Waals surface area contributed by atoms with Crippen LogP contribution in [0.15, 0.2) is 53.5 Å². The summed E-state index contributed by atoms with van der Waals surface area (Å²) in [6, 6.07) is 12.7. The SMILES string of the molecule is CCOC(=O)[C@@H]1C(=O)NC(N2CCN(c3ccc(F)cc3)CC2)=N[C@@H]1c1cccc(Cl)c1. The number of nitrogens with one attached hydrogen (secondary N) is 1. The monoisotopic (exact) mass is 458 g/mol. The fourth-order valence-electron chi connectivity index (χ4n) is 3.98. The van der Waals surface area contributed by atoms with Gasteiger partial charge >= 0.3 is 5.97 Å². The number of esters is 1. The summed E-state index contributed by atoms with van der Waals surface area (Å²) < 4.78 is 18.3. The van der Waals surface area contributed by atoms with E-state index in [2.05, 4.69) is 10.2 Å². The van der Waals surface area contributed by atoms with E-state index >= 15 is 0 Å². The number of amides is 1. The van der Waals surface area contributed by atoms with Crippen molar-refractivity contribution in [3.63, 3.8) is 0 Å². The smallest absolute Gasteiger partial charge is 0.321 e. The molecule has 2 aromatic carbocycles. The number of ether oxygens (including phenoxy) is 1. The highest BCUT2D eigenvalue weighted by Gasteiger charge is 2.42. The summed E-state index contributed by atoms with van der Waals surface area (Å²) in [5.41, 5.74) is 1.62. The third-order valence-electron chi connectivity index (χ3n) is 5.60. The van der Waals surface area contributed by atoms with Crippen molar-refractivity contribution in [3.05, 3.63) is 64.9 Å². The molecule has 1 saturated heterocycles. The Kier molecular flexibility index (Phi) is 6.60. The number of carbonyl (C=O) groups is 2. The number of hydrogen-bond donors (Lipinski definition) is 1. The zero-order valence-electron chi connectivity index (χ0n) is 17.6. The lowest BCUT2D eigenvalue weighted by Gasteiger charge is -2.39. The molecule has 7 nitrogen and oxygen atoms in total. The fourth-order valence-corrected chi connectivity index (χ4v) is 4.18. The molecular weight excluding hydrogens is 435 g/mol. The van der Waals surface area contributed by atoms with Gasteiger partial charge in [-0.25, -0.2) is 9.38 Å². The molecule has 2 heterocycles. The average Bonchev–Trinajstić information content (AvgIpc) is 2.79. The molecule has 0 spiro atoms. The van der Waals surface area contributed by atoms with E-state index in [4.69, 9.17) is 21.3 Å². The normalized spacial score (nSPS) is 21.1. The van der Waals surface area contributed by atoms with E-state index in [0.29, 0.717) is 42.7 Å². The second-order valence-electron chi connectivity index (χ2n) is 7.62. The molecule has 1 amide bonds. The van der Waals surface area contributed by atoms with Crippen LogP contribution in [-0.2, 0) is 14.3 Å². The zero-order chi connectivity index (χ0) is 22.7. The number of rotatable bonds is 4. The number of halogens is 2. The summed E-state index contributed by atoms with van der Waals surface area (Å²) in [7, 11) is 0. The molecule has 0 aromatic heterocycles. The van der Waals surface area contributed by atoms with Crippen molar-refractivity contribution in [2.75, 3.05) is 37.7 Å². The van der Waals surface area contributed by atoms with E-state index in [0.717, 1.165) is 5.69 Å². The Hall–Kier alpha value is -3.13. The van der Waals surface area contributed by atoms with Crippen LogP contribution >= 0.6 is 11.6 Å². The number of anilines is 1. The second-order valence-corrected chi connectivity index (χ2v) is 8.06. The lowest BCUT2D eigenvalue weighted by atomic mass is 9.91. The van der Waals surface area contributed by atoms with Crippen LogP contribution in [-0.4, -0.2) is 55.5 Å². The minimum atomic E-state index is -1.09. The van der Waals surface area contributed by atoms with Crippen molar-refractivity contribution >= 4 is 35.1 Å². The molecule has 1 N–H and O–H groups in total. The Morgan fingerprint density at radius 2 is 1.84 bits per heavy atom. The predicted molar refractivity (Wildman–Crippen MR) is 120 cm³/mol. The molecule has 168 valence electrons. The van der Waals surface area contributed by atoms with Gasteiger partial charge in [0.1, 0.15) is 11.9 Å². The first kappa shape index (κ1) is 22.1. The van der Waals surface area contributed by atoms with E-state index in [1.807, 2.05) is 4.90 Å². The Labute approximate surface area is 190 Å². The van der Waals surface area contributed by atoms with Gasteiger partial charge in [0, 0.05) is 36.9 Å². The summed E-state index contributed by atoms with van der Waals surface area (Å²) >= 11 is 6.15. The molecule has 2 aromatic rings. The molecular formula is C23H24ClFN4O3. The summed E-state index contributed by atoms with van der Waals surface area (Å²) in [5, 5.41) is 3.29. The predicted octanol–water partition coefficient (Wildman–Crippen LogP) is 3.01. The number of piperazine rings is 1. The third-order valence-corrected chi connectivity index (χ3v) is 5.83. The van der Waals surface area contributed by atoms with Crippen LogP contribution < -0.4 is 10.2 Å². The number of carbonyl (C=O) groups excluding carboxylic acids is 2. The quantitative estimate of drug-likeness (QED) is 0.563. The molecule has 0 radical (unpaired) electrons. The van der Waals surface area contributed by atoms with Crippen molar-refractivity contribution in [1.82, 2.24) is 10.2 Å². The van der Waals surface area contributed by atoms with E-state index in [1.165, 1.54) is 12.1 Å². The van der Waals surface area contributed by atoms with Crippen LogP contribution in [0, 0.1) is 11.7 Å². The van der Waals surface area contributed by atoms with Crippen LogP contribution in [0.2, 0.25) is 5.02 Å². The summed E-state index contributed by atoms with van der Waals surface area (Å²) in [4.78, 5) is 34.4. The number of guanidine groups is 1. The van der Waals surface area contributed by atoms with E-state index in [-0.39, 0.29) is 12.4 Å². The van der Waals surface area contributed by atoms with Gasteiger partial charge in [0.25, 0.3) is 0 Å². The van der Waals surface area contributed by atoms with Crippen LogP contribution in [0.4, 0.5) is 10.1 Å². The van der Waals surface area contributed by atoms with Gasteiger partial charge in [-0.2, -0.15) is 0 Å². The fraction of sp³-hybridized carbons (Fsp3) is 0.348. The molecule has 9 heteroatoms. The highest BCUT2D eigenvalue weighted by Crippen LogP contribution is 2.32. The molecule has 0 saturated carbocycles. The first-order valence-corrected chi connectivity index (χ1v) is 10.9. The van der Waals surface area contributed by atoms with Gasteiger partial charge in [0.2, 0.25) is 11.9 Å². The maximum absolute atomic E-state index is 13.2. The average molecular weight is 459 g/mol. The van der Waals surface area contributed by atoms with Crippen LogP contribution in [0.25, 0.3) is 0 Å². The Morgan fingerprint density at radius 1 is 1.16 bits per heavy atom. The second kappa shape index (κ2) is 9.56. The lowest BCUT2D eigenvalue weighted by Crippen LogP contribution is -2.57. The standard InChI is InChI=1S/C23H24ClFN4O3/c1-2-32-22(31)19-20(15-4-3-5-16(24)14-15)26-23(27-21(19)30)29-12-10-28(11-13-29)18-8-6-17(25)7-9-18/h3-9,14,19-20H,2,10-13H2,1H3,(H,26,27,30)/t19-,20+/m0/s1. The highest BCUT2D eigenvalue weighted by molar-refractivity contribution is 6.30. The lowest BCUT2D eigenvalue weighted by molar-refractivity contribution is -0.153. The van der Waals surface area contributed by atoms with Crippen LogP contribution in [0.5, 0.6) is 0 Å². The summed E-state index contributed by atoms with van der Waals surface area (Å²) in [6.45, 7) is 4.47. The van der Waals surface area contributed by atoms with Crippen molar-refractivity contribution in [2.45, 2.75) is 13.0 Å². The third kappa shape index (κ3) is 4.70. The number of hydrogen-bond acceptors (Lipinski definition) is 6. The van der Waals surface area contributed by atoms with E-state index in [9.17, 15) is 14.0 Å². The summed E-state index contributed by atoms with van der Waals surface area (Å²) in [6.07, 6.45) is 0. The van der Waals surface area contributed by atoms with Gasteiger partial charge in [-0.15, -0.1) is 0 Å². The molecule has 4 rings (SSSR count). The van der Waals surface area contributed by atoms with Gasteiger partial charge in [0.05, 0.1) is 6.61 Å². The first-order chi connectivity index (χ1) is 15.5. The first-order valence-electron chi connectivity index (χ1n) is 10.5. The van der Waals surface area contributed by atoms with Gasteiger partial charge in [-0.1, -0.05) is 23.7 Å². The zero-order valence-corrected chi connectivity index (χ0v) is 18.4. The molecule has 0 unspecified atom stereocenters. The topological polar surface area (TPSA) is 74.2 Å². The van der Waals surface area contributed by atoms with Gasteiger partial charge in [-0.3, -0.25) is 14.9 Å². The van der Waals surface area contributed by atoms with Gasteiger partial charge in [0.15, 0.2) is 5.92 Å². The molecule has 1 fully saturated rings. The largest absolute Gasteiger partial charge is 0.465 e.